The molecule has 34 heavy (non-hydrogen) atoms. The molecule has 0 aliphatic carbocycles. The third kappa shape index (κ3) is 4.16. The highest BCUT2D eigenvalue weighted by molar-refractivity contribution is 9.09. The van der Waals surface area contributed by atoms with Crippen LogP contribution < -0.4 is 5.32 Å². The number of amides is 2. The minimum atomic E-state index is -1.15. The van der Waals surface area contributed by atoms with Gasteiger partial charge < -0.3 is 24.8 Å². The SMILES string of the molecule is CCOC(=O)[C@H]1[C@@H]2OC3(CC2Br)C(C(=O)NCc2ccccc2)N([C@@H](CO)CC(C)C)C(=O)[C@H]13. The van der Waals surface area contributed by atoms with Gasteiger partial charge in [0.1, 0.15) is 11.6 Å². The first-order chi connectivity index (χ1) is 16.2. The fourth-order valence-electron chi connectivity index (χ4n) is 5.97. The Morgan fingerprint density at radius 2 is 2.03 bits per heavy atom. The van der Waals surface area contributed by atoms with Crippen LogP contribution in [0.15, 0.2) is 30.3 Å². The van der Waals surface area contributed by atoms with Crippen molar-refractivity contribution >= 4 is 33.7 Å². The number of benzene rings is 1. The van der Waals surface area contributed by atoms with E-state index in [1.807, 2.05) is 44.2 Å². The quantitative estimate of drug-likeness (QED) is 0.369. The first kappa shape index (κ1) is 25.1. The number of rotatable bonds is 9. The summed E-state index contributed by atoms with van der Waals surface area (Å²) in [5.41, 5.74) is -0.223. The number of aliphatic hydroxyl groups is 1. The van der Waals surface area contributed by atoms with Crippen molar-refractivity contribution in [3.05, 3.63) is 35.9 Å². The number of alkyl halides is 1. The van der Waals surface area contributed by atoms with Crippen LogP contribution in [0.25, 0.3) is 0 Å². The Morgan fingerprint density at radius 3 is 2.65 bits per heavy atom. The second kappa shape index (κ2) is 9.95. The average molecular weight is 537 g/mol. The molecular formula is C25H33BrN2O6. The van der Waals surface area contributed by atoms with Gasteiger partial charge in [0.2, 0.25) is 11.8 Å². The summed E-state index contributed by atoms with van der Waals surface area (Å²) in [7, 11) is 0. The van der Waals surface area contributed by atoms with Gasteiger partial charge >= 0.3 is 5.97 Å². The maximum Gasteiger partial charge on any atom is 0.312 e. The van der Waals surface area contributed by atoms with Gasteiger partial charge in [-0.1, -0.05) is 60.1 Å². The lowest BCUT2D eigenvalue weighted by molar-refractivity contribution is -0.155. The topological polar surface area (TPSA) is 105 Å². The number of carbonyl (C=O) groups excluding carboxylic acids is 3. The number of esters is 1. The first-order valence-corrected chi connectivity index (χ1v) is 12.9. The minimum absolute atomic E-state index is 0.187. The molecule has 3 saturated heterocycles. The van der Waals surface area contributed by atoms with Gasteiger partial charge in [-0.3, -0.25) is 14.4 Å². The Bertz CT molecular complexity index is 927. The molecule has 0 radical (unpaired) electrons. The monoisotopic (exact) mass is 536 g/mol. The molecule has 0 saturated carbocycles. The van der Waals surface area contributed by atoms with E-state index >= 15 is 0 Å². The molecule has 4 rings (SSSR count). The summed E-state index contributed by atoms with van der Waals surface area (Å²) in [5.74, 6) is -2.56. The minimum Gasteiger partial charge on any atom is -0.466 e. The summed E-state index contributed by atoms with van der Waals surface area (Å²) < 4.78 is 11.7. The standard InChI is InChI=1S/C25H33BrN2O6/c1-4-33-24(32)18-19-23(31)28(16(13-29)10-14(2)3)21(25(19)11-17(26)20(18)34-25)22(30)27-12-15-8-6-5-7-9-15/h5-9,14,16-21,29H,4,10-13H2,1-3H3,(H,27,30)/t16-,17?,18-,19+,20-,21?,25?/m1/s1. The lowest BCUT2D eigenvalue weighted by atomic mass is 9.70. The molecule has 3 fully saturated rings. The van der Waals surface area contributed by atoms with E-state index in [0.29, 0.717) is 19.4 Å². The zero-order valence-corrected chi connectivity index (χ0v) is 21.4. The van der Waals surface area contributed by atoms with Gasteiger partial charge in [-0.15, -0.1) is 0 Å². The van der Waals surface area contributed by atoms with Crippen molar-refractivity contribution in [2.75, 3.05) is 13.2 Å². The predicted octanol–water partition coefficient (Wildman–Crippen LogP) is 2.02. The van der Waals surface area contributed by atoms with Gasteiger partial charge in [0.15, 0.2) is 0 Å². The number of fused-ring (bicyclic) bond motifs is 1. The fourth-order valence-corrected chi connectivity index (χ4v) is 6.91. The molecule has 9 heteroatoms. The first-order valence-electron chi connectivity index (χ1n) is 12.0. The van der Waals surface area contributed by atoms with E-state index in [1.165, 1.54) is 4.90 Å². The number of carbonyl (C=O) groups is 3. The number of hydrogen-bond donors (Lipinski definition) is 2. The molecule has 3 aliphatic heterocycles. The number of hydrogen-bond acceptors (Lipinski definition) is 6. The Labute approximate surface area is 208 Å². The molecule has 0 aromatic heterocycles. The van der Waals surface area contributed by atoms with Crippen LogP contribution in [0.3, 0.4) is 0 Å². The highest BCUT2D eigenvalue weighted by Gasteiger charge is 2.77. The summed E-state index contributed by atoms with van der Waals surface area (Å²) in [6.45, 7) is 5.95. The molecule has 2 N–H and O–H groups in total. The van der Waals surface area contributed by atoms with Crippen LogP contribution in [-0.2, 0) is 30.4 Å². The van der Waals surface area contributed by atoms with Gasteiger partial charge in [0.25, 0.3) is 0 Å². The highest BCUT2D eigenvalue weighted by Crippen LogP contribution is 2.60. The summed E-state index contributed by atoms with van der Waals surface area (Å²) in [4.78, 5) is 41.9. The van der Waals surface area contributed by atoms with Crippen LogP contribution in [-0.4, -0.2) is 69.6 Å². The van der Waals surface area contributed by atoms with E-state index in [0.717, 1.165) is 5.56 Å². The third-order valence-electron chi connectivity index (χ3n) is 7.19. The Kier molecular flexibility index (Phi) is 7.36. The molecule has 3 aliphatic rings. The summed E-state index contributed by atoms with van der Waals surface area (Å²) in [6, 6.07) is 8.02. The molecule has 3 unspecified atom stereocenters. The molecule has 1 aromatic carbocycles. The van der Waals surface area contributed by atoms with E-state index < -0.39 is 41.6 Å². The van der Waals surface area contributed by atoms with E-state index in [2.05, 4.69) is 21.2 Å². The molecule has 1 spiro atoms. The molecule has 7 atom stereocenters. The summed E-state index contributed by atoms with van der Waals surface area (Å²) in [6.07, 6.45) is 0.403. The molecule has 2 amide bonds. The predicted molar refractivity (Wildman–Crippen MR) is 128 cm³/mol. The lowest BCUT2D eigenvalue weighted by Gasteiger charge is -2.37. The van der Waals surface area contributed by atoms with Crippen LogP contribution in [0.5, 0.6) is 0 Å². The molecule has 1 aromatic rings. The average Bonchev–Trinajstić information content (AvgIpc) is 3.40. The van der Waals surface area contributed by atoms with E-state index in [9.17, 15) is 19.5 Å². The van der Waals surface area contributed by atoms with E-state index in [-0.39, 0.29) is 35.8 Å². The lowest BCUT2D eigenvalue weighted by Crippen LogP contribution is -2.58. The van der Waals surface area contributed by atoms with Crippen molar-refractivity contribution in [3.8, 4) is 0 Å². The van der Waals surface area contributed by atoms with Crippen molar-refractivity contribution in [1.82, 2.24) is 10.2 Å². The van der Waals surface area contributed by atoms with Crippen molar-refractivity contribution in [3.63, 3.8) is 0 Å². The van der Waals surface area contributed by atoms with Crippen molar-refractivity contribution in [2.24, 2.45) is 17.8 Å². The number of nitrogens with zero attached hydrogens (tertiary/aromatic N) is 1. The zero-order valence-electron chi connectivity index (χ0n) is 19.8. The highest BCUT2D eigenvalue weighted by atomic mass is 79.9. The van der Waals surface area contributed by atoms with Crippen LogP contribution >= 0.6 is 15.9 Å². The van der Waals surface area contributed by atoms with Gasteiger partial charge in [0.05, 0.1) is 37.2 Å². The number of nitrogens with one attached hydrogen (secondary N) is 1. The second-order valence-electron chi connectivity index (χ2n) is 9.83. The molecule has 8 nitrogen and oxygen atoms in total. The normalized spacial score (nSPS) is 32.7. The van der Waals surface area contributed by atoms with Crippen LogP contribution in [0.2, 0.25) is 0 Å². The number of aliphatic hydroxyl groups excluding tert-OH is 1. The van der Waals surface area contributed by atoms with Crippen LogP contribution in [0.4, 0.5) is 0 Å². The third-order valence-corrected chi connectivity index (χ3v) is 8.04. The Hall–Kier alpha value is -1.97. The maximum absolute atomic E-state index is 13.9. The summed E-state index contributed by atoms with van der Waals surface area (Å²) in [5, 5.41) is 13.2. The Morgan fingerprint density at radius 1 is 1.32 bits per heavy atom. The number of ether oxygens (including phenoxy) is 2. The second-order valence-corrected chi connectivity index (χ2v) is 11.0. The molecular weight excluding hydrogens is 504 g/mol. The maximum atomic E-state index is 13.9. The Balaban J connectivity index is 1.71. The van der Waals surface area contributed by atoms with Gasteiger partial charge in [-0.05, 0) is 31.2 Å². The van der Waals surface area contributed by atoms with Crippen molar-refractivity contribution in [1.29, 1.82) is 0 Å². The number of halogens is 1. The van der Waals surface area contributed by atoms with Crippen LogP contribution in [0, 0.1) is 17.8 Å². The van der Waals surface area contributed by atoms with Gasteiger partial charge in [0, 0.05) is 11.4 Å². The van der Waals surface area contributed by atoms with E-state index in [4.69, 9.17) is 9.47 Å². The number of likely N-dealkylation sites (tertiary alicyclic amines) is 1. The van der Waals surface area contributed by atoms with Gasteiger partial charge in [-0.25, -0.2) is 0 Å². The van der Waals surface area contributed by atoms with Crippen molar-refractivity contribution in [2.45, 2.75) is 68.8 Å². The smallest absolute Gasteiger partial charge is 0.312 e. The van der Waals surface area contributed by atoms with E-state index in [1.54, 1.807) is 6.92 Å². The summed E-state index contributed by atoms with van der Waals surface area (Å²) >= 11 is 3.63. The van der Waals surface area contributed by atoms with Crippen LogP contribution in [0.1, 0.15) is 39.2 Å². The zero-order chi connectivity index (χ0) is 24.6. The largest absolute Gasteiger partial charge is 0.466 e. The molecule has 3 heterocycles. The van der Waals surface area contributed by atoms with Gasteiger partial charge in [-0.2, -0.15) is 0 Å². The molecule has 2 bridgehead atoms. The molecule has 186 valence electrons. The fraction of sp³-hybridized carbons (Fsp3) is 0.640. The van der Waals surface area contributed by atoms with Crippen molar-refractivity contribution < 1.29 is 29.0 Å².